The number of nitrogen functional groups attached to an aromatic ring is 3. The lowest BCUT2D eigenvalue weighted by Crippen LogP contribution is -2.19. The Morgan fingerprint density at radius 3 is 2.00 bits per heavy atom. The maximum atomic E-state index is 12.1. The van der Waals surface area contributed by atoms with Gasteiger partial charge in [0.2, 0.25) is 5.95 Å². The molecule has 23 heavy (non-hydrogen) atoms. The first-order valence-corrected chi connectivity index (χ1v) is 7.77. The summed E-state index contributed by atoms with van der Waals surface area (Å²) in [5.74, 6) is 0.791. The van der Waals surface area contributed by atoms with Crippen LogP contribution >= 0.6 is 0 Å². The zero-order valence-electron chi connectivity index (χ0n) is 14.1. The summed E-state index contributed by atoms with van der Waals surface area (Å²) in [7, 11) is 0. The molecule has 0 aliphatic rings. The number of nitrogens with two attached hydrogens (primary N) is 3. The van der Waals surface area contributed by atoms with Gasteiger partial charge < -0.3 is 17.2 Å². The number of aromatic nitrogens is 2. The lowest BCUT2D eigenvalue weighted by atomic mass is 9.89. The Labute approximate surface area is 136 Å². The second-order valence-electron chi connectivity index (χ2n) is 6.49. The lowest BCUT2D eigenvalue weighted by Gasteiger charge is -2.19. The average molecular weight is 315 g/mol. The van der Waals surface area contributed by atoms with Gasteiger partial charge in [0.05, 0.1) is 5.56 Å². The average Bonchev–Trinajstić information content (AvgIpc) is 2.43. The van der Waals surface area contributed by atoms with Gasteiger partial charge in [-0.3, -0.25) is 9.78 Å². The van der Waals surface area contributed by atoms with Gasteiger partial charge in [-0.2, -0.15) is 4.98 Å². The van der Waals surface area contributed by atoms with E-state index >= 15 is 0 Å². The van der Waals surface area contributed by atoms with Gasteiger partial charge in [0.1, 0.15) is 5.82 Å². The van der Waals surface area contributed by atoms with Gasteiger partial charge >= 0.3 is 0 Å². The van der Waals surface area contributed by atoms with Crippen molar-refractivity contribution in [1.29, 1.82) is 0 Å². The van der Waals surface area contributed by atoms with E-state index in [9.17, 15) is 4.79 Å². The molecule has 124 valence electrons. The summed E-state index contributed by atoms with van der Waals surface area (Å²) >= 11 is 0. The highest BCUT2D eigenvalue weighted by Gasteiger charge is 2.16. The van der Waals surface area contributed by atoms with Crippen LogP contribution in [0.1, 0.15) is 61.8 Å². The van der Waals surface area contributed by atoms with Crippen LogP contribution in [0.2, 0.25) is 0 Å². The maximum Gasteiger partial charge on any atom is 0.257 e. The third-order valence-electron chi connectivity index (χ3n) is 3.99. The van der Waals surface area contributed by atoms with Gasteiger partial charge in [-0.25, -0.2) is 0 Å². The van der Waals surface area contributed by atoms with E-state index in [-0.39, 0.29) is 17.3 Å². The zero-order chi connectivity index (χ0) is 17.3. The fourth-order valence-corrected chi connectivity index (χ4v) is 2.73. The van der Waals surface area contributed by atoms with Crippen molar-refractivity contribution >= 4 is 17.5 Å². The fourth-order valence-electron chi connectivity index (χ4n) is 2.73. The Hall–Kier alpha value is -2.50. The van der Waals surface area contributed by atoms with Crippen LogP contribution in [0.3, 0.4) is 0 Å². The highest BCUT2D eigenvalue weighted by atomic mass is 16.1. The molecule has 1 aromatic carbocycles. The molecule has 6 nitrogen and oxygen atoms in total. The van der Waals surface area contributed by atoms with Crippen LogP contribution < -0.4 is 22.8 Å². The van der Waals surface area contributed by atoms with E-state index in [1.165, 1.54) is 0 Å². The van der Waals surface area contributed by atoms with Gasteiger partial charge in [-0.15, -0.1) is 0 Å². The first-order chi connectivity index (χ1) is 10.7. The molecule has 2 aromatic rings. The Morgan fingerprint density at radius 1 is 1.04 bits per heavy atom. The van der Waals surface area contributed by atoms with E-state index in [2.05, 4.69) is 37.7 Å². The predicted octanol–water partition coefficient (Wildman–Crippen LogP) is 2.35. The van der Waals surface area contributed by atoms with Crippen LogP contribution in [-0.2, 0) is 6.42 Å². The number of nitrogens with zero attached hydrogens (tertiary/aromatic N) is 1. The number of hydrogen-bond donors (Lipinski definition) is 4. The maximum absolute atomic E-state index is 12.1. The molecule has 1 aromatic heterocycles. The normalized spacial score (nSPS) is 11.4. The number of rotatable bonds is 4. The Bertz CT molecular complexity index is 748. The molecule has 0 saturated carbocycles. The summed E-state index contributed by atoms with van der Waals surface area (Å²) in [5.41, 5.74) is 21.8. The standard InChI is InChI=1S/C17H25N5O/c1-8(2)11-5-10(6-12(9(3)4)14(11)18)7-13-15(19)21-17(20)22-16(13)23/h5-6,8-9H,7,18H2,1-4H3,(H5,19,20,21,22,23). The molecule has 7 N–H and O–H groups in total. The van der Waals surface area contributed by atoms with Crippen molar-refractivity contribution in [2.45, 2.75) is 46.0 Å². The minimum atomic E-state index is -0.302. The molecule has 6 heteroatoms. The molecule has 0 atom stereocenters. The summed E-state index contributed by atoms with van der Waals surface area (Å²) in [6, 6.07) is 4.09. The number of benzene rings is 1. The number of hydrogen-bond acceptors (Lipinski definition) is 5. The molecule has 1 heterocycles. The van der Waals surface area contributed by atoms with Crippen LogP contribution in [0.25, 0.3) is 0 Å². The van der Waals surface area contributed by atoms with Crippen molar-refractivity contribution in [2.75, 3.05) is 17.2 Å². The minimum Gasteiger partial charge on any atom is -0.398 e. The third-order valence-corrected chi connectivity index (χ3v) is 3.99. The molecule has 0 fully saturated rings. The van der Waals surface area contributed by atoms with Crippen molar-refractivity contribution in [3.05, 3.63) is 44.7 Å². The smallest absolute Gasteiger partial charge is 0.257 e. The minimum absolute atomic E-state index is 0.0271. The molecule has 0 unspecified atom stereocenters. The SMILES string of the molecule is CC(C)c1cc(Cc2c(N)nc(N)[nH]c2=O)cc(C(C)C)c1N. The van der Waals surface area contributed by atoms with Crippen LogP contribution in [0, 0.1) is 0 Å². The van der Waals surface area contributed by atoms with Gasteiger partial charge in [0, 0.05) is 12.1 Å². The van der Waals surface area contributed by atoms with Crippen molar-refractivity contribution in [3.63, 3.8) is 0 Å². The predicted molar refractivity (Wildman–Crippen MR) is 95.5 cm³/mol. The monoisotopic (exact) mass is 315 g/mol. The number of aromatic amines is 1. The molecule has 0 aliphatic carbocycles. The van der Waals surface area contributed by atoms with Gasteiger partial charge in [0.15, 0.2) is 0 Å². The third kappa shape index (κ3) is 3.47. The molecule has 0 amide bonds. The summed E-state index contributed by atoms with van der Waals surface area (Å²) in [4.78, 5) is 18.5. The quantitative estimate of drug-likeness (QED) is 0.645. The highest BCUT2D eigenvalue weighted by Crippen LogP contribution is 2.32. The second kappa shape index (κ2) is 6.32. The number of H-pyrrole nitrogens is 1. The van der Waals surface area contributed by atoms with Gasteiger partial charge in [0.25, 0.3) is 5.56 Å². The summed E-state index contributed by atoms with van der Waals surface area (Å²) in [6.07, 6.45) is 0.397. The van der Waals surface area contributed by atoms with E-state index in [0.29, 0.717) is 23.8 Å². The van der Waals surface area contributed by atoms with Crippen molar-refractivity contribution in [1.82, 2.24) is 9.97 Å². The van der Waals surface area contributed by atoms with E-state index < -0.39 is 0 Å². The number of anilines is 3. The molecule has 0 aliphatic heterocycles. The molecule has 0 radical (unpaired) electrons. The summed E-state index contributed by atoms with van der Waals surface area (Å²) in [6.45, 7) is 8.41. The van der Waals surface area contributed by atoms with Crippen LogP contribution in [0.4, 0.5) is 17.5 Å². The Balaban J connectivity index is 2.55. The van der Waals surface area contributed by atoms with E-state index in [1.54, 1.807) is 0 Å². The van der Waals surface area contributed by atoms with Crippen molar-refractivity contribution < 1.29 is 0 Å². The Kier molecular flexibility index (Phi) is 4.63. The van der Waals surface area contributed by atoms with E-state index in [0.717, 1.165) is 22.4 Å². The van der Waals surface area contributed by atoms with Gasteiger partial charge in [-0.05, 0) is 28.5 Å². The lowest BCUT2D eigenvalue weighted by molar-refractivity contribution is 0.834. The fraction of sp³-hybridized carbons (Fsp3) is 0.412. The zero-order valence-corrected chi connectivity index (χ0v) is 14.1. The van der Waals surface area contributed by atoms with E-state index in [4.69, 9.17) is 17.2 Å². The largest absolute Gasteiger partial charge is 0.398 e. The topological polar surface area (TPSA) is 124 Å². The first-order valence-electron chi connectivity index (χ1n) is 7.77. The van der Waals surface area contributed by atoms with Gasteiger partial charge in [-0.1, -0.05) is 39.8 Å². The Morgan fingerprint density at radius 2 is 1.57 bits per heavy atom. The first kappa shape index (κ1) is 16.9. The van der Waals surface area contributed by atoms with Crippen LogP contribution in [0.5, 0.6) is 0 Å². The van der Waals surface area contributed by atoms with Crippen LogP contribution in [-0.4, -0.2) is 9.97 Å². The van der Waals surface area contributed by atoms with E-state index in [1.807, 2.05) is 12.1 Å². The molecule has 0 bridgehead atoms. The summed E-state index contributed by atoms with van der Waals surface area (Å²) in [5, 5.41) is 0. The van der Waals surface area contributed by atoms with Crippen molar-refractivity contribution in [2.24, 2.45) is 0 Å². The number of nitrogens with one attached hydrogen (secondary N) is 1. The highest BCUT2D eigenvalue weighted by molar-refractivity contribution is 5.59. The molecule has 0 spiro atoms. The van der Waals surface area contributed by atoms with Crippen LogP contribution in [0.15, 0.2) is 16.9 Å². The second-order valence-corrected chi connectivity index (χ2v) is 6.49. The molecule has 0 saturated heterocycles. The molecule has 2 rings (SSSR count). The molecular formula is C17H25N5O. The van der Waals surface area contributed by atoms with Crippen molar-refractivity contribution in [3.8, 4) is 0 Å². The summed E-state index contributed by atoms with van der Waals surface area (Å²) < 4.78 is 0. The molecular weight excluding hydrogens is 290 g/mol.